The highest BCUT2D eigenvalue weighted by Crippen LogP contribution is 2.32. The van der Waals surface area contributed by atoms with Gasteiger partial charge in [-0.15, -0.1) is 11.6 Å². The van der Waals surface area contributed by atoms with Crippen LogP contribution >= 0.6 is 23.2 Å². The molecule has 0 spiro atoms. The van der Waals surface area contributed by atoms with Crippen molar-refractivity contribution in [1.82, 2.24) is 9.97 Å². The van der Waals surface area contributed by atoms with E-state index in [-0.39, 0.29) is 0 Å². The number of alkyl halides is 1. The third-order valence-electron chi connectivity index (χ3n) is 3.37. The lowest BCUT2D eigenvalue weighted by molar-refractivity contribution is 0.339. The molecule has 1 aromatic heterocycles. The first-order valence-corrected chi connectivity index (χ1v) is 6.63. The number of aromatic nitrogens is 2. The summed E-state index contributed by atoms with van der Waals surface area (Å²) in [5, 5.41) is 0.603. The zero-order chi connectivity index (χ0) is 11.7. The Morgan fingerprint density at radius 1 is 1.38 bits per heavy atom. The first kappa shape index (κ1) is 12.1. The van der Waals surface area contributed by atoms with E-state index in [9.17, 15) is 0 Å². The van der Waals surface area contributed by atoms with E-state index in [1.165, 1.54) is 6.42 Å². The van der Waals surface area contributed by atoms with Gasteiger partial charge < -0.3 is 0 Å². The van der Waals surface area contributed by atoms with Crippen LogP contribution in [0, 0.1) is 11.8 Å². The summed E-state index contributed by atoms with van der Waals surface area (Å²) in [6, 6.07) is 0. The number of nitrogens with zero attached hydrogens (tertiary/aromatic N) is 2. The van der Waals surface area contributed by atoms with Crippen molar-refractivity contribution in [2.24, 2.45) is 11.8 Å². The van der Waals surface area contributed by atoms with Gasteiger partial charge >= 0.3 is 0 Å². The van der Waals surface area contributed by atoms with Crippen molar-refractivity contribution in [2.45, 2.75) is 39.0 Å². The Morgan fingerprint density at radius 2 is 2.12 bits per heavy atom. The second-order valence-corrected chi connectivity index (χ2v) is 5.36. The molecular formula is C12H16Cl2N2. The molecule has 1 aliphatic carbocycles. The molecule has 0 bridgehead atoms. The molecule has 0 N–H and O–H groups in total. The van der Waals surface area contributed by atoms with Gasteiger partial charge in [-0.2, -0.15) is 0 Å². The SMILES string of the molecule is CC(C)C1CCc2nc(CCl)nc(Cl)c2C1. The zero-order valence-corrected chi connectivity index (χ0v) is 11.1. The predicted molar refractivity (Wildman–Crippen MR) is 67.0 cm³/mol. The molecule has 2 rings (SSSR count). The molecule has 88 valence electrons. The van der Waals surface area contributed by atoms with Crippen LogP contribution in [0.25, 0.3) is 0 Å². The maximum Gasteiger partial charge on any atom is 0.145 e. The molecule has 0 amide bonds. The Bertz CT molecular complexity index is 391. The van der Waals surface area contributed by atoms with Crippen molar-refractivity contribution in [3.63, 3.8) is 0 Å². The van der Waals surface area contributed by atoms with E-state index in [2.05, 4.69) is 23.8 Å². The molecule has 0 saturated carbocycles. The van der Waals surface area contributed by atoms with Gasteiger partial charge in [0, 0.05) is 11.3 Å². The van der Waals surface area contributed by atoms with E-state index < -0.39 is 0 Å². The van der Waals surface area contributed by atoms with E-state index in [0.29, 0.717) is 28.7 Å². The van der Waals surface area contributed by atoms with Gasteiger partial charge in [0.25, 0.3) is 0 Å². The molecule has 1 heterocycles. The topological polar surface area (TPSA) is 25.8 Å². The lowest BCUT2D eigenvalue weighted by atomic mass is 9.80. The fraction of sp³-hybridized carbons (Fsp3) is 0.667. The van der Waals surface area contributed by atoms with E-state index in [4.69, 9.17) is 23.2 Å². The zero-order valence-electron chi connectivity index (χ0n) is 9.63. The van der Waals surface area contributed by atoms with E-state index in [1.54, 1.807) is 0 Å². The number of fused-ring (bicyclic) bond motifs is 1. The maximum atomic E-state index is 6.19. The Morgan fingerprint density at radius 3 is 2.75 bits per heavy atom. The van der Waals surface area contributed by atoms with Gasteiger partial charge in [-0.05, 0) is 31.1 Å². The highest BCUT2D eigenvalue weighted by Gasteiger charge is 2.25. The second kappa shape index (κ2) is 4.89. The molecule has 1 aliphatic rings. The molecule has 0 fully saturated rings. The quantitative estimate of drug-likeness (QED) is 0.598. The normalized spacial score (nSPS) is 19.9. The minimum Gasteiger partial charge on any atom is -0.236 e. The van der Waals surface area contributed by atoms with Gasteiger partial charge in [-0.3, -0.25) is 0 Å². The Kier molecular flexibility index (Phi) is 3.70. The maximum absolute atomic E-state index is 6.19. The van der Waals surface area contributed by atoms with Crippen LogP contribution in [0.15, 0.2) is 0 Å². The van der Waals surface area contributed by atoms with Gasteiger partial charge in [-0.1, -0.05) is 25.4 Å². The Hall–Kier alpha value is -0.340. The average Bonchev–Trinajstić information content (AvgIpc) is 2.28. The van der Waals surface area contributed by atoms with Gasteiger partial charge in [-0.25, -0.2) is 9.97 Å². The number of halogens is 2. The molecule has 0 aromatic carbocycles. The van der Waals surface area contributed by atoms with Gasteiger partial charge in [0.05, 0.1) is 5.88 Å². The summed E-state index contributed by atoms with van der Waals surface area (Å²) >= 11 is 11.9. The molecular weight excluding hydrogens is 243 g/mol. The first-order valence-electron chi connectivity index (χ1n) is 5.72. The summed E-state index contributed by atoms with van der Waals surface area (Å²) in [5.74, 6) is 2.38. The summed E-state index contributed by atoms with van der Waals surface area (Å²) < 4.78 is 0. The highest BCUT2D eigenvalue weighted by molar-refractivity contribution is 6.30. The largest absolute Gasteiger partial charge is 0.236 e. The van der Waals surface area contributed by atoms with Crippen LogP contribution in [0.3, 0.4) is 0 Å². The molecule has 0 saturated heterocycles. The van der Waals surface area contributed by atoms with Crippen LogP contribution in [-0.4, -0.2) is 9.97 Å². The molecule has 0 radical (unpaired) electrons. The van der Waals surface area contributed by atoms with Crippen molar-refractivity contribution >= 4 is 23.2 Å². The van der Waals surface area contributed by atoms with Gasteiger partial charge in [0.1, 0.15) is 11.0 Å². The van der Waals surface area contributed by atoms with Crippen molar-refractivity contribution in [3.05, 3.63) is 22.2 Å². The number of rotatable bonds is 2. The fourth-order valence-corrected chi connectivity index (χ4v) is 2.68. The summed E-state index contributed by atoms with van der Waals surface area (Å²) in [6.07, 6.45) is 3.21. The third kappa shape index (κ3) is 2.33. The summed E-state index contributed by atoms with van der Waals surface area (Å²) in [4.78, 5) is 8.68. The van der Waals surface area contributed by atoms with Gasteiger partial charge in [0.2, 0.25) is 0 Å². The van der Waals surface area contributed by atoms with Crippen molar-refractivity contribution < 1.29 is 0 Å². The van der Waals surface area contributed by atoms with Crippen LogP contribution in [0.5, 0.6) is 0 Å². The van der Waals surface area contributed by atoms with Crippen LogP contribution in [0.1, 0.15) is 37.4 Å². The number of aryl methyl sites for hydroxylation is 1. The Labute approximate surface area is 106 Å². The highest BCUT2D eigenvalue weighted by atomic mass is 35.5. The smallest absolute Gasteiger partial charge is 0.145 e. The van der Waals surface area contributed by atoms with Crippen LogP contribution in [0.2, 0.25) is 5.15 Å². The summed E-state index contributed by atoms with van der Waals surface area (Å²) in [7, 11) is 0. The Balaban J connectivity index is 2.32. The predicted octanol–water partition coefficient (Wildman–Crippen LogP) is 3.63. The summed E-state index contributed by atoms with van der Waals surface area (Å²) in [5.41, 5.74) is 2.24. The molecule has 1 unspecified atom stereocenters. The minimum absolute atomic E-state index is 0.334. The lowest BCUT2D eigenvalue weighted by Gasteiger charge is -2.27. The molecule has 1 atom stereocenters. The summed E-state index contributed by atoms with van der Waals surface area (Å²) in [6.45, 7) is 4.52. The molecule has 1 aromatic rings. The van der Waals surface area contributed by atoms with Crippen molar-refractivity contribution in [1.29, 1.82) is 0 Å². The average molecular weight is 259 g/mol. The number of hydrogen-bond acceptors (Lipinski definition) is 2. The standard InChI is InChI=1S/C12H16Cl2N2/c1-7(2)8-3-4-10-9(5-8)12(14)16-11(6-13)15-10/h7-8H,3-6H2,1-2H3. The van der Waals surface area contributed by atoms with Crippen molar-refractivity contribution in [2.75, 3.05) is 0 Å². The molecule has 0 aliphatic heterocycles. The van der Waals surface area contributed by atoms with Crippen molar-refractivity contribution in [3.8, 4) is 0 Å². The third-order valence-corrected chi connectivity index (χ3v) is 3.92. The lowest BCUT2D eigenvalue weighted by Crippen LogP contribution is -2.21. The van der Waals surface area contributed by atoms with E-state index in [0.717, 1.165) is 24.1 Å². The second-order valence-electron chi connectivity index (χ2n) is 4.74. The molecule has 16 heavy (non-hydrogen) atoms. The van der Waals surface area contributed by atoms with Crippen LogP contribution in [0.4, 0.5) is 0 Å². The number of hydrogen-bond donors (Lipinski definition) is 0. The van der Waals surface area contributed by atoms with E-state index >= 15 is 0 Å². The van der Waals surface area contributed by atoms with Crippen LogP contribution in [-0.2, 0) is 18.7 Å². The molecule has 4 heteroatoms. The fourth-order valence-electron chi connectivity index (χ4n) is 2.27. The molecule has 2 nitrogen and oxygen atoms in total. The monoisotopic (exact) mass is 258 g/mol. The van der Waals surface area contributed by atoms with Crippen LogP contribution < -0.4 is 0 Å². The minimum atomic E-state index is 0.334. The van der Waals surface area contributed by atoms with Gasteiger partial charge in [0.15, 0.2) is 0 Å². The first-order chi connectivity index (χ1) is 7.61. The van der Waals surface area contributed by atoms with E-state index in [1.807, 2.05) is 0 Å².